The minimum absolute atomic E-state index is 0.0497. The molecular weight excluding hydrogens is 312 g/mol. The van der Waals surface area contributed by atoms with E-state index in [1.54, 1.807) is 19.1 Å². The molecule has 1 atom stereocenters. The summed E-state index contributed by atoms with van der Waals surface area (Å²) in [5.74, 6) is -2.52. The molecule has 0 fully saturated rings. The highest BCUT2D eigenvalue weighted by molar-refractivity contribution is 6.32. The molecule has 0 aliphatic heterocycles. The molecular formula is C16H10Cl2FNO. The fraction of sp³-hybridized carbons (Fsp3) is 0.125. The highest BCUT2D eigenvalue weighted by Gasteiger charge is 2.27. The molecule has 0 aliphatic carbocycles. The van der Waals surface area contributed by atoms with Crippen LogP contribution in [0.3, 0.4) is 0 Å². The summed E-state index contributed by atoms with van der Waals surface area (Å²) >= 11 is 11.8. The molecule has 0 amide bonds. The van der Waals surface area contributed by atoms with Crippen molar-refractivity contribution in [1.29, 1.82) is 5.26 Å². The number of nitrogens with zero attached hydrogens (tertiary/aromatic N) is 1. The SMILES string of the molecule is Cc1cc(Cl)cc(C(=O)C(C#N)c2c(F)cccc2Cl)c1. The molecule has 0 bridgehead atoms. The number of rotatable bonds is 3. The lowest BCUT2D eigenvalue weighted by Gasteiger charge is -2.12. The second-order valence-electron chi connectivity index (χ2n) is 4.58. The predicted molar refractivity (Wildman–Crippen MR) is 80.3 cm³/mol. The molecule has 0 radical (unpaired) electrons. The van der Waals surface area contributed by atoms with Gasteiger partial charge in [0.05, 0.1) is 6.07 Å². The third-order valence-electron chi connectivity index (χ3n) is 3.01. The Balaban J connectivity index is 2.52. The molecule has 0 N–H and O–H groups in total. The van der Waals surface area contributed by atoms with Gasteiger partial charge in [0, 0.05) is 21.2 Å². The number of aryl methyl sites for hydroxylation is 1. The van der Waals surface area contributed by atoms with Crippen molar-refractivity contribution in [2.45, 2.75) is 12.8 Å². The summed E-state index contributed by atoms with van der Waals surface area (Å²) in [6.07, 6.45) is 0. The maximum absolute atomic E-state index is 13.9. The van der Waals surface area contributed by atoms with Crippen molar-refractivity contribution >= 4 is 29.0 Å². The molecule has 0 aliphatic rings. The van der Waals surface area contributed by atoms with Gasteiger partial charge in [-0.15, -0.1) is 0 Å². The van der Waals surface area contributed by atoms with E-state index < -0.39 is 17.5 Å². The van der Waals surface area contributed by atoms with Gasteiger partial charge >= 0.3 is 0 Å². The van der Waals surface area contributed by atoms with E-state index in [2.05, 4.69) is 0 Å². The molecule has 0 heterocycles. The summed E-state index contributed by atoms with van der Waals surface area (Å²) in [5, 5.41) is 9.70. The summed E-state index contributed by atoms with van der Waals surface area (Å²) in [7, 11) is 0. The van der Waals surface area contributed by atoms with Crippen LogP contribution in [0.2, 0.25) is 10.0 Å². The van der Waals surface area contributed by atoms with E-state index in [0.29, 0.717) is 5.02 Å². The number of halogens is 3. The minimum Gasteiger partial charge on any atom is -0.292 e. The van der Waals surface area contributed by atoms with Crippen LogP contribution < -0.4 is 0 Å². The van der Waals surface area contributed by atoms with E-state index in [4.69, 9.17) is 23.2 Å². The van der Waals surface area contributed by atoms with Crippen LogP contribution in [-0.2, 0) is 0 Å². The van der Waals surface area contributed by atoms with Gasteiger partial charge in [0.25, 0.3) is 0 Å². The lowest BCUT2D eigenvalue weighted by molar-refractivity contribution is 0.0977. The van der Waals surface area contributed by atoms with E-state index >= 15 is 0 Å². The fourth-order valence-electron chi connectivity index (χ4n) is 2.09. The van der Waals surface area contributed by atoms with Gasteiger partial charge in [0.1, 0.15) is 11.7 Å². The highest BCUT2D eigenvalue weighted by atomic mass is 35.5. The maximum Gasteiger partial charge on any atom is 0.184 e. The van der Waals surface area contributed by atoms with E-state index in [1.165, 1.54) is 24.3 Å². The lowest BCUT2D eigenvalue weighted by atomic mass is 9.91. The Labute approximate surface area is 131 Å². The van der Waals surface area contributed by atoms with Crippen molar-refractivity contribution in [3.05, 3.63) is 69.0 Å². The summed E-state index contributed by atoms with van der Waals surface area (Å²) in [6, 6.07) is 10.6. The first-order valence-corrected chi connectivity index (χ1v) is 6.84. The fourth-order valence-corrected chi connectivity index (χ4v) is 2.65. The van der Waals surface area contributed by atoms with Crippen molar-refractivity contribution < 1.29 is 9.18 Å². The van der Waals surface area contributed by atoms with Crippen LogP contribution in [0.15, 0.2) is 36.4 Å². The topological polar surface area (TPSA) is 40.9 Å². The van der Waals surface area contributed by atoms with Gasteiger partial charge in [-0.25, -0.2) is 4.39 Å². The van der Waals surface area contributed by atoms with Crippen molar-refractivity contribution in [2.75, 3.05) is 0 Å². The summed E-state index contributed by atoms with van der Waals surface area (Å²) in [5.41, 5.74) is 0.928. The van der Waals surface area contributed by atoms with Gasteiger partial charge in [0.2, 0.25) is 0 Å². The first-order chi connectivity index (χ1) is 9.93. The van der Waals surface area contributed by atoms with Gasteiger partial charge in [-0.2, -0.15) is 5.26 Å². The molecule has 2 rings (SSSR count). The number of carbonyl (C=O) groups is 1. The van der Waals surface area contributed by atoms with Crippen LogP contribution in [-0.4, -0.2) is 5.78 Å². The quantitative estimate of drug-likeness (QED) is 0.752. The monoisotopic (exact) mass is 321 g/mol. The van der Waals surface area contributed by atoms with Crippen molar-refractivity contribution in [3.63, 3.8) is 0 Å². The number of carbonyl (C=O) groups excluding carboxylic acids is 1. The van der Waals surface area contributed by atoms with Crippen LogP contribution >= 0.6 is 23.2 Å². The largest absolute Gasteiger partial charge is 0.292 e. The number of hydrogen-bond acceptors (Lipinski definition) is 2. The lowest BCUT2D eigenvalue weighted by Crippen LogP contribution is -2.13. The average molecular weight is 322 g/mol. The Morgan fingerprint density at radius 1 is 1.29 bits per heavy atom. The summed E-state index contributed by atoms with van der Waals surface area (Å²) < 4.78 is 13.9. The zero-order valence-corrected chi connectivity index (χ0v) is 12.5. The minimum atomic E-state index is -1.31. The van der Waals surface area contributed by atoms with Gasteiger partial charge in [-0.3, -0.25) is 4.79 Å². The standard InChI is InChI=1S/C16H10Cl2FNO/c1-9-5-10(7-11(17)6-9)16(21)12(8-20)15-13(18)3-2-4-14(15)19/h2-7,12H,1H3. The predicted octanol–water partition coefficient (Wildman–Crippen LogP) is 4.93. The number of Topliss-reactive ketones (excluding diaryl/α,β-unsaturated/α-hetero) is 1. The molecule has 2 aromatic rings. The van der Waals surface area contributed by atoms with Crippen LogP contribution in [0.5, 0.6) is 0 Å². The van der Waals surface area contributed by atoms with Gasteiger partial charge in [0.15, 0.2) is 5.78 Å². The third-order valence-corrected chi connectivity index (χ3v) is 3.55. The first-order valence-electron chi connectivity index (χ1n) is 6.09. The Morgan fingerprint density at radius 2 is 2.00 bits per heavy atom. The molecule has 21 heavy (non-hydrogen) atoms. The number of hydrogen-bond donors (Lipinski definition) is 0. The number of nitriles is 1. The van der Waals surface area contributed by atoms with E-state index in [-0.39, 0.29) is 16.1 Å². The molecule has 5 heteroatoms. The normalized spacial score (nSPS) is 11.8. The van der Waals surface area contributed by atoms with Crippen LogP contribution in [0.4, 0.5) is 4.39 Å². The van der Waals surface area contributed by atoms with Crippen LogP contribution in [0, 0.1) is 24.1 Å². The Kier molecular flexibility index (Phi) is 4.62. The van der Waals surface area contributed by atoms with Crippen molar-refractivity contribution in [3.8, 4) is 6.07 Å². The molecule has 0 saturated carbocycles. The number of benzene rings is 2. The van der Waals surface area contributed by atoms with E-state index in [1.807, 2.05) is 6.07 Å². The van der Waals surface area contributed by atoms with Gasteiger partial charge in [-0.1, -0.05) is 29.3 Å². The smallest absolute Gasteiger partial charge is 0.184 e. The molecule has 2 nitrogen and oxygen atoms in total. The molecule has 106 valence electrons. The van der Waals surface area contributed by atoms with Gasteiger partial charge < -0.3 is 0 Å². The second kappa shape index (κ2) is 6.26. The van der Waals surface area contributed by atoms with Crippen molar-refractivity contribution in [1.82, 2.24) is 0 Å². The molecule has 0 saturated heterocycles. The second-order valence-corrected chi connectivity index (χ2v) is 5.42. The summed E-state index contributed by atoms with van der Waals surface area (Å²) in [6.45, 7) is 1.78. The zero-order chi connectivity index (χ0) is 15.6. The Morgan fingerprint density at radius 3 is 2.57 bits per heavy atom. The first kappa shape index (κ1) is 15.5. The Bertz CT molecular complexity index is 712. The Hall–Kier alpha value is -1.89. The van der Waals surface area contributed by atoms with Gasteiger partial charge in [-0.05, 0) is 42.8 Å². The average Bonchev–Trinajstić information content (AvgIpc) is 2.41. The molecule has 1 unspecified atom stereocenters. The van der Waals surface area contributed by atoms with Crippen LogP contribution in [0.25, 0.3) is 0 Å². The van der Waals surface area contributed by atoms with Crippen LogP contribution in [0.1, 0.15) is 27.4 Å². The maximum atomic E-state index is 13.9. The summed E-state index contributed by atoms with van der Waals surface area (Å²) in [4.78, 5) is 12.5. The molecule has 0 aromatic heterocycles. The van der Waals surface area contributed by atoms with E-state index in [0.717, 1.165) is 5.56 Å². The van der Waals surface area contributed by atoms with Crippen molar-refractivity contribution in [2.24, 2.45) is 0 Å². The van der Waals surface area contributed by atoms with E-state index in [9.17, 15) is 14.4 Å². The number of ketones is 1. The molecule has 0 spiro atoms. The molecule has 2 aromatic carbocycles. The third kappa shape index (κ3) is 3.24. The zero-order valence-electron chi connectivity index (χ0n) is 11.0. The highest BCUT2D eigenvalue weighted by Crippen LogP contribution is 2.30.